The largest absolute Gasteiger partial charge is 0.466 e. The fourth-order valence-corrected chi connectivity index (χ4v) is 4.16. The molecule has 1 amide bonds. The molecular formula is C22H28N2O2. The third-order valence-corrected chi connectivity index (χ3v) is 5.65. The number of likely N-dealkylation sites (tertiary alicyclic amines) is 1. The normalized spacial score (nSPS) is 18.8. The quantitative estimate of drug-likeness (QED) is 0.810. The van der Waals surface area contributed by atoms with Crippen LogP contribution in [0.5, 0.6) is 0 Å². The van der Waals surface area contributed by atoms with Crippen LogP contribution in [0.3, 0.4) is 0 Å². The van der Waals surface area contributed by atoms with E-state index in [2.05, 4.69) is 40.1 Å². The Labute approximate surface area is 155 Å². The highest BCUT2D eigenvalue weighted by atomic mass is 16.3. The van der Waals surface area contributed by atoms with Gasteiger partial charge in [-0.25, -0.2) is 0 Å². The average molecular weight is 352 g/mol. The van der Waals surface area contributed by atoms with Gasteiger partial charge in [0.1, 0.15) is 11.5 Å². The lowest BCUT2D eigenvalue weighted by molar-refractivity contribution is 0.0541. The monoisotopic (exact) mass is 352 g/mol. The van der Waals surface area contributed by atoms with Gasteiger partial charge in [-0.05, 0) is 51.2 Å². The van der Waals surface area contributed by atoms with Gasteiger partial charge in [0.15, 0.2) is 0 Å². The molecule has 0 unspecified atom stereocenters. The zero-order valence-electron chi connectivity index (χ0n) is 15.8. The number of aryl methyl sites for hydroxylation is 2. The number of piperidine rings is 1. The fourth-order valence-electron chi connectivity index (χ4n) is 4.16. The van der Waals surface area contributed by atoms with Crippen LogP contribution in [0.25, 0.3) is 0 Å². The maximum Gasteiger partial charge on any atom is 0.257 e. The summed E-state index contributed by atoms with van der Waals surface area (Å²) in [6, 6.07) is 13.3. The number of hydrogen-bond acceptors (Lipinski definition) is 3. The number of nitrogens with zero attached hydrogens (tertiary/aromatic N) is 2. The molecule has 1 saturated carbocycles. The third kappa shape index (κ3) is 3.70. The van der Waals surface area contributed by atoms with E-state index in [9.17, 15) is 4.79 Å². The van der Waals surface area contributed by atoms with Gasteiger partial charge in [0.25, 0.3) is 5.91 Å². The molecule has 4 rings (SSSR count). The van der Waals surface area contributed by atoms with Crippen molar-refractivity contribution in [2.75, 3.05) is 13.1 Å². The van der Waals surface area contributed by atoms with Gasteiger partial charge in [-0.3, -0.25) is 9.69 Å². The highest BCUT2D eigenvalue weighted by Gasteiger charge is 2.39. The zero-order valence-corrected chi connectivity index (χ0v) is 15.8. The smallest absolute Gasteiger partial charge is 0.257 e. The summed E-state index contributed by atoms with van der Waals surface area (Å²) in [5.74, 6) is 1.74. The van der Waals surface area contributed by atoms with E-state index < -0.39 is 0 Å². The first-order valence-corrected chi connectivity index (χ1v) is 9.78. The lowest BCUT2D eigenvalue weighted by Gasteiger charge is -2.39. The molecular weight excluding hydrogens is 324 g/mol. The number of amides is 1. The van der Waals surface area contributed by atoms with Gasteiger partial charge in [0, 0.05) is 31.7 Å². The second-order valence-corrected chi connectivity index (χ2v) is 7.76. The zero-order chi connectivity index (χ0) is 18.1. The van der Waals surface area contributed by atoms with E-state index in [0.717, 1.165) is 62.4 Å². The lowest BCUT2D eigenvalue weighted by atomic mass is 10.0. The fraction of sp³-hybridized carbons (Fsp3) is 0.500. The van der Waals surface area contributed by atoms with Crippen molar-refractivity contribution in [2.45, 2.75) is 58.2 Å². The molecule has 138 valence electrons. The van der Waals surface area contributed by atoms with Crippen molar-refractivity contribution in [1.29, 1.82) is 0 Å². The van der Waals surface area contributed by atoms with Crippen molar-refractivity contribution in [3.63, 3.8) is 0 Å². The van der Waals surface area contributed by atoms with Crippen molar-refractivity contribution < 1.29 is 9.21 Å². The Kier molecular flexibility index (Phi) is 4.86. The lowest BCUT2D eigenvalue weighted by Crippen LogP contribution is -2.48. The van der Waals surface area contributed by atoms with Gasteiger partial charge in [-0.15, -0.1) is 0 Å². The second kappa shape index (κ2) is 7.28. The standard InChI is InChI=1S/C22H28N2O2/c1-16-14-21(17(2)26-16)22(25)24(19-8-9-19)20-10-12-23(13-11-20)15-18-6-4-3-5-7-18/h3-7,14,19-20H,8-13,15H2,1-2H3. The summed E-state index contributed by atoms with van der Waals surface area (Å²) in [5.41, 5.74) is 2.12. The molecule has 2 fully saturated rings. The van der Waals surface area contributed by atoms with Gasteiger partial charge < -0.3 is 9.32 Å². The Morgan fingerprint density at radius 1 is 1.08 bits per heavy atom. The van der Waals surface area contributed by atoms with Crippen LogP contribution in [-0.4, -0.2) is 40.9 Å². The Balaban J connectivity index is 1.41. The molecule has 1 aliphatic carbocycles. The number of benzene rings is 1. The van der Waals surface area contributed by atoms with Crippen LogP contribution in [0.4, 0.5) is 0 Å². The van der Waals surface area contributed by atoms with Gasteiger partial charge in [-0.1, -0.05) is 30.3 Å². The third-order valence-electron chi connectivity index (χ3n) is 5.65. The number of hydrogen-bond donors (Lipinski definition) is 0. The van der Waals surface area contributed by atoms with Crippen LogP contribution in [0, 0.1) is 13.8 Å². The Morgan fingerprint density at radius 2 is 1.73 bits per heavy atom. The summed E-state index contributed by atoms with van der Waals surface area (Å²) < 4.78 is 5.60. The summed E-state index contributed by atoms with van der Waals surface area (Å²) >= 11 is 0. The number of carbonyl (C=O) groups is 1. The van der Waals surface area contributed by atoms with Crippen molar-refractivity contribution in [2.24, 2.45) is 0 Å². The molecule has 0 spiro atoms. The molecule has 2 aliphatic rings. The predicted molar refractivity (Wildman–Crippen MR) is 102 cm³/mol. The molecule has 2 aromatic rings. The molecule has 1 aromatic carbocycles. The Morgan fingerprint density at radius 3 is 2.31 bits per heavy atom. The molecule has 4 nitrogen and oxygen atoms in total. The minimum atomic E-state index is 0.170. The van der Waals surface area contributed by atoms with Crippen molar-refractivity contribution >= 4 is 5.91 Å². The first kappa shape index (κ1) is 17.3. The van der Waals surface area contributed by atoms with Crippen LogP contribution >= 0.6 is 0 Å². The Bertz CT molecular complexity index is 756. The molecule has 0 N–H and O–H groups in total. The highest BCUT2D eigenvalue weighted by Crippen LogP contribution is 2.34. The van der Waals surface area contributed by atoms with Gasteiger partial charge >= 0.3 is 0 Å². The molecule has 0 radical (unpaired) electrons. The van der Waals surface area contributed by atoms with E-state index in [1.807, 2.05) is 19.9 Å². The van der Waals surface area contributed by atoms with E-state index in [4.69, 9.17) is 4.42 Å². The molecule has 0 bridgehead atoms. The molecule has 26 heavy (non-hydrogen) atoms. The van der Waals surface area contributed by atoms with Gasteiger partial charge in [-0.2, -0.15) is 0 Å². The van der Waals surface area contributed by atoms with Crippen LogP contribution in [0.2, 0.25) is 0 Å². The molecule has 1 saturated heterocycles. The summed E-state index contributed by atoms with van der Waals surface area (Å²) in [4.78, 5) is 17.9. The Hall–Kier alpha value is -2.07. The second-order valence-electron chi connectivity index (χ2n) is 7.76. The summed E-state index contributed by atoms with van der Waals surface area (Å²) in [5, 5.41) is 0. The van der Waals surface area contributed by atoms with Gasteiger partial charge in [0.05, 0.1) is 5.56 Å². The van der Waals surface area contributed by atoms with Crippen LogP contribution < -0.4 is 0 Å². The maximum absolute atomic E-state index is 13.2. The number of furan rings is 1. The molecule has 1 aromatic heterocycles. The van der Waals surface area contributed by atoms with E-state index in [-0.39, 0.29) is 5.91 Å². The van der Waals surface area contributed by atoms with E-state index >= 15 is 0 Å². The molecule has 2 heterocycles. The minimum absolute atomic E-state index is 0.170. The number of rotatable bonds is 5. The first-order chi connectivity index (χ1) is 12.6. The molecule has 4 heteroatoms. The minimum Gasteiger partial charge on any atom is -0.466 e. The summed E-state index contributed by atoms with van der Waals surface area (Å²) in [6.45, 7) is 6.92. The SMILES string of the molecule is Cc1cc(C(=O)N(C2CC2)C2CCN(Cc3ccccc3)CC2)c(C)o1. The molecule has 1 aliphatic heterocycles. The topological polar surface area (TPSA) is 36.7 Å². The number of carbonyl (C=O) groups excluding carboxylic acids is 1. The average Bonchev–Trinajstić information content (AvgIpc) is 3.41. The predicted octanol–water partition coefficient (Wildman–Crippen LogP) is 4.17. The maximum atomic E-state index is 13.2. The van der Waals surface area contributed by atoms with E-state index in [1.165, 1.54) is 5.56 Å². The highest BCUT2D eigenvalue weighted by molar-refractivity contribution is 5.96. The summed E-state index contributed by atoms with van der Waals surface area (Å²) in [7, 11) is 0. The van der Waals surface area contributed by atoms with Crippen molar-refractivity contribution in [3.05, 3.63) is 59.0 Å². The first-order valence-electron chi connectivity index (χ1n) is 9.78. The summed E-state index contributed by atoms with van der Waals surface area (Å²) in [6.07, 6.45) is 4.41. The van der Waals surface area contributed by atoms with Crippen molar-refractivity contribution in [3.8, 4) is 0 Å². The van der Waals surface area contributed by atoms with Crippen LogP contribution in [0.1, 0.15) is 53.1 Å². The molecule has 0 atom stereocenters. The van der Waals surface area contributed by atoms with Crippen molar-refractivity contribution in [1.82, 2.24) is 9.80 Å². The van der Waals surface area contributed by atoms with E-state index in [0.29, 0.717) is 12.1 Å². The van der Waals surface area contributed by atoms with Gasteiger partial charge in [0.2, 0.25) is 0 Å². The van der Waals surface area contributed by atoms with E-state index in [1.54, 1.807) is 0 Å². The van der Waals surface area contributed by atoms with Crippen LogP contribution in [0.15, 0.2) is 40.8 Å². The van der Waals surface area contributed by atoms with Crippen LogP contribution in [-0.2, 0) is 6.54 Å².